The minimum Gasteiger partial charge on any atom is -0.478 e. The Morgan fingerprint density at radius 2 is 2.11 bits per heavy atom. The van der Waals surface area contributed by atoms with Crippen molar-refractivity contribution in [2.24, 2.45) is 0 Å². The molecule has 0 saturated carbocycles. The number of rotatable bonds is 9. The lowest BCUT2D eigenvalue weighted by atomic mass is 10.2. The molecule has 2 aromatic heterocycles. The summed E-state index contributed by atoms with van der Waals surface area (Å²) in [5, 5.41) is 21.3. The van der Waals surface area contributed by atoms with E-state index in [9.17, 15) is 13.2 Å². The fourth-order valence-electron chi connectivity index (χ4n) is 2.37. The summed E-state index contributed by atoms with van der Waals surface area (Å²) in [7, 11) is -2.92. The van der Waals surface area contributed by atoms with E-state index in [1.165, 1.54) is 35.4 Å². The Balaban J connectivity index is 1.62. The van der Waals surface area contributed by atoms with Gasteiger partial charge in [0.25, 0.3) is 0 Å². The van der Waals surface area contributed by atoms with E-state index in [4.69, 9.17) is 5.11 Å². The molecular formula is C15H17N5O4S3. The molecule has 3 aromatic rings. The molecular weight excluding hydrogens is 410 g/mol. The second kappa shape index (κ2) is 8.31. The second-order valence-corrected chi connectivity index (χ2v) is 10.4. The number of tetrazole rings is 1. The Labute approximate surface area is 163 Å². The number of carbonyl (C=O) groups is 1. The highest BCUT2D eigenvalue weighted by Crippen LogP contribution is 2.33. The van der Waals surface area contributed by atoms with Gasteiger partial charge in [0.05, 0.1) is 15.8 Å². The number of benzene rings is 1. The van der Waals surface area contributed by atoms with Crippen LogP contribution in [-0.4, -0.2) is 56.7 Å². The molecule has 12 heteroatoms. The van der Waals surface area contributed by atoms with Crippen molar-refractivity contribution in [2.45, 2.75) is 35.3 Å². The summed E-state index contributed by atoms with van der Waals surface area (Å²) in [6, 6.07) is 4.81. The summed E-state index contributed by atoms with van der Waals surface area (Å²) < 4.78 is 25.4. The van der Waals surface area contributed by atoms with Gasteiger partial charge in [-0.1, -0.05) is 6.42 Å². The minimum absolute atomic E-state index is 0.189. The van der Waals surface area contributed by atoms with Crippen molar-refractivity contribution in [2.75, 3.05) is 12.0 Å². The predicted octanol–water partition coefficient (Wildman–Crippen LogP) is 2.35. The Bertz CT molecular complexity index is 1060. The Hall–Kier alpha value is -2.05. The highest BCUT2D eigenvalue weighted by atomic mass is 32.2. The van der Waals surface area contributed by atoms with Crippen LogP contribution < -0.4 is 0 Å². The lowest BCUT2D eigenvalue weighted by molar-refractivity contribution is 0.0697. The van der Waals surface area contributed by atoms with Gasteiger partial charge in [-0.2, -0.15) is 0 Å². The van der Waals surface area contributed by atoms with Crippen LogP contribution in [0.1, 0.15) is 29.6 Å². The van der Waals surface area contributed by atoms with Gasteiger partial charge in [-0.15, -0.1) is 16.4 Å². The monoisotopic (exact) mass is 427 g/mol. The van der Waals surface area contributed by atoms with Crippen LogP contribution in [0, 0.1) is 0 Å². The van der Waals surface area contributed by atoms with E-state index in [0.29, 0.717) is 18.1 Å². The van der Waals surface area contributed by atoms with Crippen molar-refractivity contribution < 1.29 is 18.3 Å². The molecule has 1 aromatic carbocycles. The molecule has 0 bridgehead atoms. The van der Waals surface area contributed by atoms with Crippen LogP contribution in [-0.2, 0) is 16.4 Å². The van der Waals surface area contributed by atoms with E-state index in [0.717, 1.165) is 27.4 Å². The van der Waals surface area contributed by atoms with Gasteiger partial charge in [0, 0.05) is 18.6 Å². The molecule has 0 unspecified atom stereocenters. The topological polar surface area (TPSA) is 128 Å². The fourth-order valence-corrected chi connectivity index (χ4v) is 5.11. The van der Waals surface area contributed by atoms with Gasteiger partial charge in [-0.3, -0.25) is 0 Å². The first kappa shape index (κ1) is 19.7. The van der Waals surface area contributed by atoms with E-state index in [1.807, 2.05) is 0 Å². The molecule has 0 aliphatic rings. The molecule has 0 atom stereocenters. The molecule has 3 rings (SSSR count). The zero-order valence-electron chi connectivity index (χ0n) is 14.4. The first-order chi connectivity index (χ1) is 12.8. The average molecular weight is 428 g/mol. The van der Waals surface area contributed by atoms with Gasteiger partial charge in [-0.05, 0) is 53.2 Å². The molecule has 0 amide bonds. The van der Waals surface area contributed by atoms with Crippen LogP contribution in [0.3, 0.4) is 0 Å². The van der Waals surface area contributed by atoms with E-state index in [1.54, 1.807) is 16.8 Å². The zero-order chi connectivity index (χ0) is 19.4. The maximum atomic E-state index is 11.1. The number of sulfone groups is 1. The summed E-state index contributed by atoms with van der Waals surface area (Å²) in [5.74, 6) is -0.784. The molecule has 2 heterocycles. The number of fused-ring (bicyclic) bond motifs is 1. The normalized spacial score (nSPS) is 11.9. The van der Waals surface area contributed by atoms with Crippen LogP contribution in [0.25, 0.3) is 10.2 Å². The van der Waals surface area contributed by atoms with E-state index < -0.39 is 15.8 Å². The summed E-state index contributed by atoms with van der Waals surface area (Å²) in [5.41, 5.74) is 0.953. The van der Waals surface area contributed by atoms with E-state index >= 15 is 0 Å². The Morgan fingerprint density at radius 3 is 2.85 bits per heavy atom. The predicted molar refractivity (Wildman–Crippen MR) is 102 cm³/mol. The molecule has 144 valence electrons. The van der Waals surface area contributed by atoms with Gasteiger partial charge in [-0.25, -0.2) is 22.9 Å². The quantitative estimate of drug-likeness (QED) is 0.512. The van der Waals surface area contributed by atoms with Crippen LogP contribution in [0.5, 0.6) is 0 Å². The van der Waals surface area contributed by atoms with Gasteiger partial charge in [0.2, 0.25) is 5.16 Å². The molecule has 27 heavy (non-hydrogen) atoms. The van der Waals surface area contributed by atoms with Crippen molar-refractivity contribution >= 4 is 49.1 Å². The molecule has 0 fully saturated rings. The van der Waals surface area contributed by atoms with Crippen LogP contribution in [0.4, 0.5) is 0 Å². The third-order valence-corrected chi connectivity index (χ3v) is 6.76. The molecule has 0 radical (unpaired) electrons. The van der Waals surface area contributed by atoms with Crippen LogP contribution in [0.15, 0.2) is 27.7 Å². The lowest BCUT2D eigenvalue weighted by Gasteiger charge is -2.03. The standard InChI is InChI=1S/C15H17N5O4S3/c1-27(23,24)8-4-2-3-7-20-14(17-18-19-20)26-15-16-11-6-5-10(13(21)22)9-12(11)25-15/h5-6,9H,2-4,7-8H2,1H3,(H,21,22). The molecule has 0 aliphatic carbocycles. The van der Waals surface area contributed by atoms with E-state index in [2.05, 4.69) is 20.5 Å². The zero-order valence-corrected chi connectivity index (χ0v) is 16.8. The number of hydrogen-bond donors (Lipinski definition) is 1. The number of aryl methyl sites for hydroxylation is 1. The molecule has 1 N–H and O–H groups in total. The number of aromatic carboxylic acids is 1. The summed E-state index contributed by atoms with van der Waals surface area (Å²) in [4.78, 5) is 15.5. The largest absolute Gasteiger partial charge is 0.478 e. The Kier molecular flexibility index (Phi) is 6.07. The number of carboxylic acid groups (broad SMARTS) is 1. The molecule has 0 aliphatic heterocycles. The van der Waals surface area contributed by atoms with Gasteiger partial charge >= 0.3 is 5.97 Å². The number of aromatic nitrogens is 5. The van der Waals surface area contributed by atoms with Crippen LogP contribution >= 0.6 is 23.1 Å². The second-order valence-electron chi connectivity index (χ2n) is 5.94. The first-order valence-corrected chi connectivity index (χ1v) is 11.8. The number of unbranched alkanes of at least 4 members (excludes halogenated alkanes) is 2. The molecule has 0 saturated heterocycles. The van der Waals surface area contributed by atoms with Crippen LogP contribution in [0.2, 0.25) is 0 Å². The van der Waals surface area contributed by atoms with Crippen molar-refractivity contribution in [1.82, 2.24) is 25.2 Å². The summed E-state index contributed by atoms with van der Waals surface area (Å²) >= 11 is 2.70. The maximum Gasteiger partial charge on any atom is 0.335 e. The van der Waals surface area contributed by atoms with Crippen molar-refractivity contribution in [3.05, 3.63) is 23.8 Å². The Morgan fingerprint density at radius 1 is 1.30 bits per heavy atom. The fraction of sp³-hybridized carbons (Fsp3) is 0.400. The number of nitrogens with zero attached hydrogens (tertiary/aromatic N) is 5. The third-order valence-electron chi connectivity index (χ3n) is 3.68. The van der Waals surface area contributed by atoms with Crippen molar-refractivity contribution in [3.63, 3.8) is 0 Å². The summed E-state index contributed by atoms with van der Waals surface area (Å²) in [6.07, 6.45) is 3.40. The van der Waals surface area contributed by atoms with E-state index in [-0.39, 0.29) is 11.3 Å². The maximum absolute atomic E-state index is 11.1. The average Bonchev–Trinajstić information content (AvgIpc) is 3.19. The smallest absolute Gasteiger partial charge is 0.335 e. The lowest BCUT2D eigenvalue weighted by Crippen LogP contribution is -2.05. The summed E-state index contributed by atoms with van der Waals surface area (Å²) in [6.45, 7) is 0.590. The van der Waals surface area contributed by atoms with Gasteiger partial charge in [0.15, 0.2) is 4.34 Å². The van der Waals surface area contributed by atoms with Gasteiger partial charge in [0.1, 0.15) is 9.84 Å². The van der Waals surface area contributed by atoms with Crippen molar-refractivity contribution in [3.8, 4) is 0 Å². The minimum atomic E-state index is -2.92. The highest BCUT2D eigenvalue weighted by molar-refractivity contribution is 8.01. The number of thiazole rings is 1. The number of hydrogen-bond acceptors (Lipinski definition) is 9. The van der Waals surface area contributed by atoms with Gasteiger partial charge < -0.3 is 5.11 Å². The first-order valence-electron chi connectivity index (χ1n) is 8.07. The molecule has 9 nitrogen and oxygen atoms in total. The number of carboxylic acids is 1. The highest BCUT2D eigenvalue weighted by Gasteiger charge is 2.13. The van der Waals surface area contributed by atoms with Crippen molar-refractivity contribution in [1.29, 1.82) is 0 Å². The SMILES string of the molecule is CS(=O)(=O)CCCCCn1nnnc1Sc1nc2ccc(C(=O)O)cc2s1. The third kappa shape index (κ3) is 5.47. The molecule has 0 spiro atoms.